The van der Waals surface area contributed by atoms with Crippen LogP contribution < -0.4 is 4.90 Å². The highest BCUT2D eigenvalue weighted by atomic mass is 19.1. The number of aromatic nitrogens is 1. The van der Waals surface area contributed by atoms with E-state index >= 15 is 4.39 Å². The van der Waals surface area contributed by atoms with E-state index in [4.69, 9.17) is 0 Å². The van der Waals surface area contributed by atoms with E-state index in [1.807, 2.05) is 31.3 Å². The molecule has 0 amide bonds. The number of benzene rings is 1. The average molecular weight is 493 g/mol. The summed E-state index contributed by atoms with van der Waals surface area (Å²) in [6.45, 7) is 14.5. The van der Waals surface area contributed by atoms with E-state index in [0.717, 1.165) is 62.5 Å². The third-order valence-electron chi connectivity index (χ3n) is 8.02. The summed E-state index contributed by atoms with van der Waals surface area (Å²) < 4.78 is 29.5. The molecule has 6 nitrogen and oxygen atoms in total. The molecule has 190 valence electrons. The van der Waals surface area contributed by atoms with Crippen molar-refractivity contribution < 1.29 is 8.78 Å². The number of anilines is 1. The van der Waals surface area contributed by atoms with Gasteiger partial charge in [0.2, 0.25) is 0 Å². The minimum absolute atomic E-state index is 0.334. The number of aliphatic imine (C=N–C) groups is 2. The van der Waals surface area contributed by atoms with Crippen LogP contribution in [0.15, 0.2) is 52.5 Å². The maximum Gasteiger partial charge on any atom is 0.157 e. The second-order valence-electron chi connectivity index (χ2n) is 10.1. The molecule has 1 aromatic heterocycles. The highest BCUT2D eigenvalue weighted by molar-refractivity contribution is 6.00. The molecular formula is C28H34F2N6. The van der Waals surface area contributed by atoms with Crippen molar-refractivity contribution in [1.82, 2.24) is 14.8 Å². The number of allylic oxidation sites excluding steroid dienone is 1. The van der Waals surface area contributed by atoms with Crippen molar-refractivity contribution in [3.63, 3.8) is 0 Å². The van der Waals surface area contributed by atoms with Crippen molar-refractivity contribution >= 4 is 23.4 Å². The summed E-state index contributed by atoms with van der Waals surface area (Å²) in [5, 5.41) is 0. The van der Waals surface area contributed by atoms with E-state index in [-0.39, 0.29) is 11.2 Å². The zero-order chi connectivity index (χ0) is 25.4. The Balaban J connectivity index is 1.39. The van der Waals surface area contributed by atoms with Gasteiger partial charge >= 0.3 is 0 Å². The monoisotopic (exact) mass is 492 g/mol. The first-order chi connectivity index (χ1) is 17.3. The van der Waals surface area contributed by atoms with Crippen LogP contribution in [-0.2, 0) is 12.0 Å². The van der Waals surface area contributed by atoms with Crippen molar-refractivity contribution in [3.05, 3.63) is 65.0 Å². The van der Waals surface area contributed by atoms with Crippen molar-refractivity contribution in [1.29, 1.82) is 0 Å². The first-order valence-corrected chi connectivity index (χ1v) is 12.8. The second kappa shape index (κ2) is 9.82. The van der Waals surface area contributed by atoms with Crippen LogP contribution in [0.2, 0.25) is 0 Å². The van der Waals surface area contributed by atoms with Gasteiger partial charge in [0.05, 0.1) is 6.21 Å². The third-order valence-corrected chi connectivity index (χ3v) is 8.02. The Morgan fingerprint density at radius 3 is 2.47 bits per heavy atom. The van der Waals surface area contributed by atoms with E-state index in [0.29, 0.717) is 17.1 Å². The van der Waals surface area contributed by atoms with Crippen molar-refractivity contribution in [2.45, 2.75) is 52.2 Å². The van der Waals surface area contributed by atoms with Crippen LogP contribution in [-0.4, -0.2) is 59.4 Å². The highest BCUT2D eigenvalue weighted by Crippen LogP contribution is 2.46. The fraction of sp³-hybridized carbons (Fsp3) is 0.464. The lowest BCUT2D eigenvalue weighted by Crippen LogP contribution is -2.45. The summed E-state index contributed by atoms with van der Waals surface area (Å²) in [5.41, 5.74) is 3.58. The molecule has 1 fully saturated rings. The molecule has 2 aromatic rings. The van der Waals surface area contributed by atoms with Crippen LogP contribution in [0.25, 0.3) is 0 Å². The number of nitrogens with zero attached hydrogens (tertiary/aromatic N) is 6. The Morgan fingerprint density at radius 1 is 1.06 bits per heavy atom. The van der Waals surface area contributed by atoms with Gasteiger partial charge in [0.1, 0.15) is 17.3 Å². The van der Waals surface area contributed by atoms with Gasteiger partial charge in [-0.3, -0.25) is 14.9 Å². The van der Waals surface area contributed by atoms with Gasteiger partial charge in [-0.15, -0.1) is 0 Å². The molecule has 0 aliphatic carbocycles. The first-order valence-electron chi connectivity index (χ1n) is 12.8. The molecule has 0 saturated carbocycles. The molecule has 4 heterocycles. The Kier molecular flexibility index (Phi) is 6.74. The molecule has 0 spiro atoms. The molecule has 0 radical (unpaired) electrons. The summed E-state index contributed by atoms with van der Waals surface area (Å²) in [6.07, 6.45) is 4.61. The molecule has 2 atom stereocenters. The summed E-state index contributed by atoms with van der Waals surface area (Å²) in [7, 11) is 0. The predicted octanol–water partition coefficient (Wildman–Crippen LogP) is 5.53. The van der Waals surface area contributed by atoms with Crippen LogP contribution in [0.4, 0.5) is 20.3 Å². The smallest absolute Gasteiger partial charge is 0.157 e. The molecule has 36 heavy (non-hydrogen) atoms. The van der Waals surface area contributed by atoms with E-state index in [1.165, 1.54) is 18.5 Å². The van der Waals surface area contributed by atoms with Crippen LogP contribution in [0, 0.1) is 5.82 Å². The molecule has 8 heteroatoms. The van der Waals surface area contributed by atoms with E-state index in [9.17, 15) is 4.39 Å². The number of rotatable bonds is 6. The fourth-order valence-electron chi connectivity index (χ4n) is 5.31. The molecule has 1 aromatic carbocycles. The van der Waals surface area contributed by atoms with Crippen LogP contribution in [0.1, 0.15) is 57.0 Å². The molecule has 0 bridgehead atoms. The van der Waals surface area contributed by atoms with Crippen molar-refractivity contribution in [2.24, 2.45) is 9.98 Å². The van der Waals surface area contributed by atoms with Gasteiger partial charge in [0.25, 0.3) is 0 Å². The Labute approximate surface area is 212 Å². The summed E-state index contributed by atoms with van der Waals surface area (Å²) in [5.74, 6) is -0.279. The maximum atomic E-state index is 15.2. The number of hydrogen-bond donors (Lipinski definition) is 0. The van der Waals surface area contributed by atoms with Gasteiger partial charge in [-0.25, -0.2) is 13.8 Å². The first kappa shape index (κ1) is 24.7. The Morgan fingerprint density at radius 2 is 1.81 bits per heavy atom. The zero-order valence-corrected chi connectivity index (χ0v) is 21.5. The number of pyridine rings is 1. The van der Waals surface area contributed by atoms with Gasteiger partial charge < -0.3 is 9.80 Å². The van der Waals surface area contributed by atoms with Gasteiger partial charge in [-0.2, -0.15) is 0 Å². The molecular weight excluding hydrogens is 458 g/mol. The molecule has 1 saturated heterocycles. The summed E-state index contributed by atoms with van der Waals surface area (Å²) in [6, 6.07) is 7.36. The molecule has 5 rings (SSSR count). The standard InChI is InChI=1S/C28H34F2N6/c1-5-28(4)19(3)33-26-23(28)13-21(14-24(26)30)27-32-16-22(29)18-36(27)25-8-7-20(15-31-25)17-35-11-9-34(6-2)10-12-35/h7-8,13-16,18,27H,5-6,9-12,17H2,1-4H3. The normalized spacial score (nSPS) is 24.6. The van der Waals surface area contributed by atoms with E-state index in [1.54, 1.807) is 4.90 Å². The van der Waals surface area contributed by atoms with Crippen molar-refractivity contribution in [3.8, 4) is 0 Å². The van der Waals surface area contributed by atoms with Gasteiger partial charge in [-0.1, -0.05) is 26.8 Å². The zero-order valence-electron chi connectivity index (χ0n) is 21.5. The lowest BCUT2D eigenvalue weighted by atomic mass is 9.77. The van der Waals surface area contributed by atoms with Crippen LogP contribution >= 0.6 is 0 Å². The largest absolute Gasteiger partial charge is 0.303 e. The number of hydrogen-bond acceptors (Lipinski definition) is 6. The number of piperazine rings is 1. The highest BCUT2D eigenvalue weighted by Gasteiger charge is 2.38. The minimum atomic E-state index is -0.619. The minimum Gasteiger partial charge on any atom is -0.303 e. The third kappa shape index (κ3) is 4.48. The summed E-state index contributed by atoms with van der Waals surface area (Å²) in [4.78, 5) is 20.1. The second-order valence-corrected chi connectivity index (χ2v) is 10.1. The molecule has 3 aliphatic heterocycles. The molecule has 3 aliphatic rings. The van der Waals surface area contributed by atoms with Crippen LogP contribution in [0.3, 0.4) is 0 Å². The Bertz CT molecular complexity index is 1210. The van der Waals surface area contributed by atoms with E-state index < -0.39 is 12.0 Å². The van der Waals surface area contributed by atoms with Gasteiger partial charge in [0, 0.05) is 61.8 Å². The summed E-state index contributed by atoms with van der Waals surface area (Å²) >= 11 is 0. The van der Waals surface area contributed by atoms with Gasteiger partial charge in [0.15, 0.2) is 12.0 Å². The van der Waals surface area contributed by atoms with Gasteiger partial charge in [-0.05, 0) is 49.2 Å². The lowest BCUT2D eigenvalue weighted by molar-refractivity contribution is 0.132. The quantitative estimate of drug-likeness (QED) is 0.532. The number of fused-ring (bicyclic) bond motifs is 1. The van der Waals surface area contributed by atoms with Crippen LogP contribution in [0.5, 0.6) is 0 Å². The SMILES string of the molecule is CCN1CCN(Cc2ccc(N3C=C(F)C=NC3c3cc(F)c4c(c3)C(C)(CC)C(C)=N4)nc2)CC1. The van der Waals surface area contributed by atoms with Crippen molar-refractivity contribution in [2.75, 3.05) is 37.6 Å². The fourth-order valence-corrected chi connectivity index (χ4v) is 5.31. The average Bonchev–Trinajstić information content (AvgIpc) is 3.15. The maximum absolute atomic E-state index is 15.2. The lowest BCUT2D eigenvalue weighted by Gasteiger charge is -2.34. The van der Waals surface area contributed by atoms with E-state index in [2.05, 4.69) is 45.5 Å². The number of likely N-dealkylation sites (N-methyl/N-ethyl adjacent to an activating group) is 1. The Hall–Kier alpha value is -2.97. The molecule has 0 N–H and O–H groups in total. The molecule has 2 unspecified atom stereocenters. The topological polar surface area (TPSA) is 47.3 Å². The predicted molar refractivity (Wildman–Crippen MR) is 141 cm³/mol. The number of halogens is 2.